The summed E-state index contributed by atoms with van der Waals surface area (Å²) in [6.45, 7) is 5.85. The topological polar surface area (TPSA) is 55.5 Å². The third-order valence-electron chi connectivity index (χ3n) is 3.45. The second kappa shape index (κ2) is 6.59. The van der Waals surface area contributed by atoms with Gasteiger partial charge in [0.05, 0.1) is 25.1 Å². The van der Waals surface area contributed by atoms with Crippen molar-refractivity contribution in [1.29, 1.82) is 0 Å². The molecule has 4 nitrogen and oxygen atoms in total. The highest BCUT2D eigenvalue weighted by molar-refractivity contribution is 5.09. The number of hydrogen-bond donors (Lipinski definition) is 1. The van der Waals surface area contributed by atoms with Gasteiger partial charge in [0.25, 0.3) is 0 Å². The molecule has 0 aliphatic heterocycles. The smallest absolute Gasteiger partial charge is 0.122 e. The van der Waals surface area contributed by atoms with Crippen LogP contribution in [0.3, 0.4) is 0 Å². The van der Waals surface area contributed by atoms with Crippen molar-refractivity contribution in [2.24, 2.45) is 5.73 Å². The molecule has 2 heterocycles. The van der Waals surface area contributed by atoms with Gasteiger partial charge in [0.1, 0.15) is 11.5 Å². The minimum atomic E-state index is 0.0427. The Morgan fingerprint density at radius 1 is 1.16 bits per heavy atom. The van der Waals surface area contributed by atoms with E-state index in [1.807, 2.05) is 24.3 Å². The SMILES string of the molecule is CCC(N)C(c1ccco1)N(CC)Cc1ccco1. The lowest BCUT2D eigenvalue weighted by molar-refractivity contribution is 0.137. The summed E-state index contributed by atoms with van der Waals surface area (Å²) in [5, 5.41) is 0. The van der Waals surface area contributed by atoms with Crippen molar-refractivity contribution in [3.63, 3.8) is 0 Å². The van der Waals surface area contributed by atoms with E-state index < -0.39 is 0 Å². The maximum absolute atomic E-state index is 6.28. The van der Waals surface area contributed by atoms with Gasteiger partial charge in [-0.05, 0) is 37.2 Å². The Morgan fingerprint density at radius 3 is 2.42 bits per heavy atom. The fourth-order valence-corrected chi connectivity index (χ4v) is 2.35. The van der Waals surface area contributed by atoms with E-state index in [0.717, 1.165) is 31.0 Å². The summed E-state index contributed by atoms with van der Waals surface area (Å²) in [7, 11) is 0. The molecule has 104 valence electrons. The number of hydrogen-bond acceptors (Lipinski definition) is 4. The minimum Gasteiger partial charge on any atom is -0.468 e. The van der Waals surface area contributed by atoms with Gasteiger partial charge in [-0.2, -0.15) is 0 Å². The maximum atomic E-state index is 6.28. The first kappa shape index (κ1) is 13.9. The summed E-state index contributed by atoms with van der Waals surface area (Å²) in [5.41, 5.74) is 6.28. The molecule has 2 N–H and O–H groups in total. The monoisotopic (exact) mass is 262 g/mol. The van der Waals surface area contributed by atoms with Crippen LogP contribution in [0.15, 0.2) is 45.6 Å². The normalized spacial score (nSPS) is 14.7. The van der Waals surface area contributed by atoms with Crippen molar-refractivity contribution in [3.8, 4) is 0 Å². The van der Waals surface area contributed by atoms with Gasteiger partial charge >= 0.3 is 0 Å². The van der Waals surface area contributed by atoms with E-state index in [-0.39, 0.29) is 12.1 Å². The summed E-state index contributed by atoms with van der Waals surface area (Å²) in [6.07, 6.45) is 4.30. The highest BCUT2D eigenvalue weighted by Gasteiger charge is 2.27. The van der Waals surface area contributed by atoms with Gasteiger partial charge in [0, 0.05) is 6.04 Å². The van der Waals surface area contributed by atoms with E-state index in [0.29, 0.717) is 0 Å². The molecule has 0 spiro atoms. The molecule has 0 aromatic carbocycles. The van der Waals surface area contributed by atoms with Crippen LogP contribution in [0, 0.1) is 0 Å². The van der Waals surface area contributed by atoms with Crippen LogP contribution in [0.1, 0.15) is 37.8 Å². The summed E-state index contributed by atoms with van der Waals surface area (Å²) in [6, 6.07) is 7.91. The molecule has 0 saturated heterocycles. The lowest BCUT2D eigenvalue weighted by Crippen LogP contribution is -2.40. The number of nitrogens with two attached hydrogens (primary N) is 1. The molecule has 19 heavy (non-hydrogen) atoms. The highest BCUT2D eigenvalue weighted by atomic mass is 16.3. The summed E-state index contributed by atoms with van der Waals surface area (Å²) in [5.74, 6) is 1.87. The number of nitrogens with zero attached hydrogens (tertiary/aromatic N) is 1. The first-order chi connectivity index (χ1) is 9.26. The van der Waals surface area contributed by atoms with Gasteiger partial charge < -0.3 is 14.6 Å². The minimum absolute atomic E-state index is 0.0427. The van der Waals surface area contributed by atoms with E-state index in [9.17, 15) is 0 Å². The van der Waals surface area contributed by atoms with E-state index in [1.54, 1.807) is 12.5 Å². The van der Waals surface area contributed by atoms with Gasteiger partial charge in [-0.15, -0.1) is 0 Å². The van der Waals surface area contributed by atoms with Crippen LogP contribution in [0.25, 0.3) is 0 Å². The molecule has 2 unspecified atom stereocenters. The molecule has 0 radical (unpaired) electrons. The summed E-state index contributed by atoms with van der Waals surface area (Å²) in [4.78, 5) is 2.28. The molecule has 0 aliphatic rings. The molecule has 0 fully saturated rings. The first-order valence-electron chi connectivity index (χ1n) is 6.81. The lowest BCUT2D eigenvalue weighted by atomic mass is 10.0. The average Bonchev–Trinajstić information content (AvgIpc) is 3.10. The summed E-state index contributed by atoms with van der Waals surface area (Å²) >= 11 is 0. The Balaban J connectivity index is 2.19. The van der Waals surface area contributed by atoms with E-state index >= 15 is 0 Å². The molecular formula is C15H22N2O2. The largest absolute Gasteiger partial charge is 0.468 e. The molecule has 4 heteroatoms. The molecular weight excluding hydrogens is 240 g/mol. The predicted molar refractivity (Wildman–Crippen MR) is 74.5 cm³/mol. The fraction of sp³-hybridized carbons (Fsp3) is 0.467. The van der Waals surface area contributed by atoms with Crippen LogP contribution in [0.5, 0.6) is 0 Å². The van der Waals surface area contributed by atoms with Gasteiger partial charge in [-0.1, -0.05) is 13.8 Å². The standard InChI is InChI=1S/C15H22N2O2/c1-3-13(16)15(14-8-6-10-19-14)17(4-2)11-12-7-5-9-18-12/h5-10,13,15H,3-4,11,16H2,1-2H3. The van der Waals surface area contributed by atoms with Crippen molar-refractivity contribution in [3.05, 3.63) is 48.3 Å². The molecule has 0 aliphatic carbocycles. The lowest BCUT2D eigenvalue weighted by Gasteiger charge is -2.32. The van der Waals surface area contributed by atoms with Crippen molar-refractivity contribution in [1.82, 2.24) is 4.90 Å². The Morgan fingerprint density at radius 2 is 1.89 bits per heavy atom. The fourth-order valence-electron chi connectivity index (χ4n) is 2.35. The Bertz CT molecular complexity index is 450. The molecule has 0 saturated carbocycles. The molecule has 2 aromatic rings. The molecule has 2 rings (SSSR count). The zero-order valence-corrected chi connectivity index (χ0v) is 11.6. The first-order valence-corrected chi connectivity index (χ1v) is 6.81. The second-order valence-electron chi connectivity index (χ2n) is 4.67. The quantitative estimate of drug-likeness (QED) is 0.832. The summed E-state index contributed by atoms with van der Waals surface area (Å²) < 4.78 is 11.0. The predicted octanol–water partition coefficient (Wildman–Crippen LogP) is 3.17. The van der Waals surface area contributed by atoms with Crippen LogP contribution < -0.4 is 5.73 Å². The van der Waals surface area contributed by atoms with Gasteiger partial charge in [-0.25, -0.2) is 0 Å². The van der Waals surface area contributed by atoms with Crippen LogP contribution in [0.2, 0.25) is 0 Å². The van der Waals surface area contributed by atoms with E-state index in [4.69, 9.17) is 14.6 Å². The van der Waals surface area contributed by atoms with E-state index in [1.165, 1.54) is 0 Å². The van der Waals surface area contributed by atoms with Gasteiger partial charge in [0.2, 0.25) is 0 Å². The second-order valence-corrected chi connectivity index (χ2v) is 4.67. The molecule has 0 amide bonds. The Kier molecular flexibility index (Phi) is 4.82. The third-order valence-corrected chi connectivity index (χ3v) is 3.45. The third kappa shape index (κ3) is 3.28. The van der Waals surface area contributed by atoms with Crippen molar-refractivity contribution in [2.75, 3.05) is 6.54 Å². The zero-order valence-electron chi connectivity index (χ0n) is 11.6. The number of rotatable bonds is 7. The number of likely N-dealkylation sites (N-methyl/N-ethyl adjacent to an activating group) is 1. The van der Waals surface area contributed by atoms with Crippen LogP contribution in [0.4, 0.5) is 0 Å². The van der Waals surface area contributed by atoms with Gasteiger partial charge in [0.15, 0.2) is 0 Å². The molecule has 2 atom stereocenters. The molecule has 2 aromatic heterocycles. The molecule has 0 bridgehead atoms. The van der Waals surface area contributed by atoms with Crippen molar-refractivity contribution in [2.45, 2.75) is 38.9 Å². The Labute approximate surface area is 114 Å². The number of furan rings is 2. The van der Waals surface area contributed by atoms with Crippen molar-refractivity contribution < 1.29 is 8.83 Å². The highest BCUT2D eigenvalue weighted by Crippen LogP contribution is 2.27. The zero-order chi connectivity index (χ0) is 13.7. The maximum Gasteiger partial charge on any atom is 0.122 e. The van der Waals surface area contributed by atoms with Crippen LogP contribution >= 0.6 is 0 Å². The van der Waals surface area contributed by atoms with Crippen LogP contribution in [-0.2, 0) is 6.54 Å². The van der Waals surface area contributed by atoms with E-state index in [2.05, 4.69) is 18.7 Å². The van der Waals surface area contributed by atoms with Gasteiger partial charge in [-0.3, -0.25) is 4.90 Å². The average molecular weight is 262 g/mol. The Hall–Kier alpha value is -1.52. The van der Waals surface area contributed by atoms with Crippen LogP contribution in [-0.4, -0.2) is 17.5 Å². The van der Waals surface area contributed by atoms with Crippen molar-refractivity contribution >= 4 is 0 Å².